The zero-order valence-electron chi connectivity index (χ0n) is 8.82. The largest absolute Gasteiger partial charge is 0.468 e. The Morgan fingerprint density at radius 1 is 1.47 bits per heavy atom. The molecular weight excluding hydrogens is 188 g/mol. The Labute approximate surface area is 89.2 Å². The zero-order chi connectivity index (χ0) is 10.5. The van der Waals surface area contributed by atoms with Gasteiger partial charge in [-0.3, -0.25) is 4.79 Å². The van der Waals surface area contributed by atoms with Crippen LogP contribution in [0.15, 0.2) is 24.3 Å². The molecule has 2 atom stereocenters. The van der Waals surface area contributed by atoms with E-state index in [9.17, 15) is 4.79 Å². The summed E-state index contributed by atoms with van der Waals surface area (Å²) in [6.45, 7) is 0. The highest BCUT2D eigenvalue weighted by molar-refractivity contribution is 5.86. The highest BCUT2D eigenvalue weighted by Crippen LogP contribution is 2.57. The minimum atomic E-state index is -0.310. The third-order valence-corrected chi connectivity index (χ3v) is 4.01. The molecule has 3 rings (SSSR count). The van der Waals surface area contributed by atoms with Crippen molar-refractivity contribution in [2.45, 2.75) is 30.6 Å². The molecule has 0 radical (unpaired) electrons. The summed E-state index contributed by atoms with van der Waals surface area (Å²) in [6, 6.07) is 8.32. The number of carbonyl (C=O) groups is 1. The third-order valence-electron chi connectivity index (χ3n) is 4.01. The van der Waals surface area contributed by atoms with Crippen LogP contribution in [0.5, 0.6) is 0 Å². The molecule has 0 amide bonds. The van der Waals surface area contributed by atoms with Crippen molar-refractivity contribution in [2.75, 3.05) is 7.11 Å². The van der Waals surface area contributed by atoms with E-state index in [1.807, 2.05) is 6.07 Å². The molecule has 0 aliphatic heterocycles. The smallest absolute Gasteiger partial charge is 0.316 e. The van der Waals surface area contributed by atoms with Crippen LogP contribution >= 0.6 is 0 Å². The maximum Gasteiger partial charge on any atom is 0.316 e. The second kappa shape index (κ2) is 2.84. The Morgan fingerprint density at radius 2 is 2.27 bits per heavy atom. The van der Waals surface area contributed by atoms with Gasteiger partial charge in [0, 0.05) is 0 Å². The fraction of sp³-hybridized carbons (Fsp3) is 0.462. The van der Waals surface area contributed by atoms with Crippen LogP contribution in [0.25, 0.3) is 0 Å². The van der Waals surface area contributed by atoms with Crippen LogP contribution in [-0.2, 0) is 14.9 Å². The number of hydrogen-bond donors (Lipinski definition) is 0. The quantitative estimate of drug-likeness (QED) is 0.653. The molecule has 2 nitrogen and oxygen atoms in total. The number of carbonyl (C=O) groups excluding carboxylic acids is 1. The van der Waals surface area contributed by atoms with Gasteiger partial charge in [0.15, 0.2) is 0 Å². The van der Waals surface area contributed by atoms with E-state index < -0.39 is 0 Å². The van der Waals surface area contributed by atoms with Crippen molar-refractivity contribution in [3.05, 3.63) is 35.4 Å². The van der Waals surface area contributed by atoms with Crippen molar-refractivity contribution in [3.63, 3.8) is 0 Å². The molecule has 0 aromatic heterocycles. The van der Waals surface area contributed by atoms with E-state index in [0.29, 0.717) is 5.92 Å². The summed E-state index contributed by atoms with van der Waals surface area (Å²) < 4.78 is 4.97. The first kappa shape index (κ1) is 8.96. The Morgan fingerprint density at radius 3 is 3.07 bits per heavy atom. The molecule has 1 aromatic rings. The van der Waals surface area contributed by atoms with Crippen LogP contribution in [0.4, 0.5) is 0 Å². The summed E-state index contributed by atoms with van der Waals surface area (Å²) in [5.41, 5.74) is 2.28. The Hall–Kier alpha value is -1.31. The topological polar surface area (TPSA) is 26.3 Å². The van der Waals surface area contributed by atoms with E-state index in [0.717, 1.165) is 19.3 Å². The molecule has 2 heteroatoms. The molecule has 0 heterocycles. The number of esters is 1. The highest BCUT2D eigenvalue weighted by atomic mass is 16.5. The summed E-state index contributed by atoms with van der Waals surface area (Å²) in [4.78, 5) is 11.9. The van der Waals surface area contributed by atoms with Gasteiger partial charge in [-0.25, -0.2) is 0 Å². The lowest BCUT2D eigenvalue weighted by atomic mass is 9.79. The van der Waals surface area contributed by atoms with Gasteiger partial charge in [-0.15, -0.1) is 0 Å². The first-order valence-electron chi connectivity index (χ1n) is 5.46. The molecular formula is C13H14O2. The lowest BCUT2D eigenvalue weighted by Crippen LogP contribution is -2.32. The maximum absolute atomic E-state index is 11.9. The summed E-state index contributed by atoms with van der Waals surface area (Å²) in [6.07, 6.45) is 3.05. The Kier molecular flexibility index (Phi) is 1.70. The Bertz CT molecular complexity index is 424. The number of benzene rings is 1. The summed E-state index contributed by atoms with van der Waals surface area (Å²) >= 11 is 0. The zero-order valence-corrected chi connectivity index (χ0v) is 8.82. The fourth-order valence-electron chi connectivity index (χ4n) is 3.34. The molecule has 2 unspecified atom stereocenters. The van der Waals surface area contributed by atoms with Gasteiger partial charge in [-0.2, -0.15) is 0 Å². The predicted octanol–water partition coefficient (Wildman–Crippen LogP) is 2.38. The number of rotatable bonds is 1. The molecule has 1 fully saturated rings. The van der Waals surface area contributed by atoms with Gasteiger partial charge in [-0.1, -0.05) is 24.3 Å². The van der Waals surface area contributed by atoms with Gasteiger partial charge in [0.25, 0.3) is 0 Å². The lowest BCUT2D eigenvalue weighted by molar-refractivity contribution is -0.147. The molecule has 2 aliphatic carbocycles. The monoisotopic (exact) mass is 202 g/mol. The minimum absolute atomic E-state index is 0.0463. The maximum atomic E-state index is 11.9. The first-order valence-corrected chi connectivity index (χ1v) is 5.46. The van der Waals surface area contributed by atoms with Crippen molar-refractivity contribution in [2.24, 2.45) is 0 Å². The van der Waals surface area contributed by atoms with Crippen LogP contribution in [0.3, 0.4) is 0 Å². The van der Waals surface area contributed by atoms with Crippen molar-refractivity contribution in [1.29, 1.82) is 0 Å². The summed E-state index contributed by atoms with van der Waals surface area (Å²) in [5, 5.41) is 0. The molecule has 2 bridgehead atoms. The minimum Gasteiger partial charge on any atom is -0.468 e. The van der Waals surface area contributed by atoms with Gasteiger partial charge in [0.2, 0.25) is 0 Å². The van der Waals surface area contributed by atoms with Gasteiger partial charge in [-0.05, 0) is 36.3 Å². The molecule has 15 heavy (non-hydrogen) atoms. The molecule has 0 spiro atoms. The van der Waals surface area contributed by atoms with Crippen molar-refractivity contribution >= 4 is 5.97 Å². The number of methoxy groups -OCH3 is 1. The average molecular weight is 202 g/mol. The average Bonchev–Trinajstić information content (AvgIpc) is 2.86. The van der Waals surface area contributed by atoms with Crippen molar-refractivity contribution in [1.82, 2.24) is 0 Å². The molecule has 0 N–H and O–H groups in total. The Balaban J connectivity index is 2.17. The molecule has 1 aromatic carbocycles. The van der Waals surface area contributed by atoms with E-state index >= 15 is 0 Å². The van der Waals surface area contributed by atoms with E-state index in [2.05, 4.69) is 18.2 Å². The first-order chi connectivity index (χ1) is 7.28. The van der Waals surface area contributed by atoms with E-state index in [-0.39, 0.29) is 11.4 Å². The highest BCUT2D eigenvalue weighted by Gasteiger charge is 2.54. The van der Waals surface area contributed by atoms with E-state index in [4.69, 9.17) is 4.74 Å². The van der Waals surface area contributed by atoms with Crippen LogP contribution < -0.4 is 0 Å². The van der Waals surface area contributed by atoms with Crippen molar-refractivity contribution < 1.29 is 9.53 Å². The van der Waals surface area contributed by atoms with Gasteiger partial charge in [0.05, 0.1) is 12.5 Å². The predicted molar refractivity (Wildman–Crippen MR) is 56.7 cm³/mol. The summed E-state index contributed by atoms with van der Waals surface area (Å²) in [7, 11) is 1.49. The lowest BCUT2D eigenvalue weighted by Gasteiger charge is -2.25. The van der Waals surface area contributed by atoms with Gasteiger partial charge < -0.3 is 4.74 Å². The normalized spacial score (nSPS) is 31.4. The van der Waals surface area contributed by atoms with Crippen LogP contribution in [0.2, 0.25) is 0 Å². The fourth-order valence-corrected chi connectivity index (χ4v) is 3.34. The van der Waals surface area contributed by atoms with Crippen LogP contribution in [0.1, 0.15) is 36.3 Å². The SMILES string of the molecule is COC(=O)C12CCC(C1)c1ccccc12. The molecule has 78 valence electrons. The van der Waals surface area contributed by atoms with Crippen LogP contribution in [0, 0.1) is 0 Å². The van der Waals surface area contributed by atoms with Gasteiger partial charge in [0.1, 0.15) is 0 Å². The summed E-state index contributed by atoms with van der Waals surface area (Å²) in [5.74, 6) is 0.537. The van der Waals surface area contributed by atoms with Crippen molar-refractivity contribution in [3.8, 4) is 0 Å². The molecule has 2 aliphatic rings. The number of fused-ring (bicyclic) bond motifs is 5. The molecule has 1 saturated carbocycles. The molecule has 0 saturated heterocycles. The van der Waals surface area contributed by atoms with E-state index in [1.165, 1.54) is 18.2 Å². The van der Waals surface area contributed by atoms with Crippen LogP contribution in [-0.4, -0.2) is 13.1 Å². The number of hydrogen-bond acceptors (Lipinski definition) is 2. The standard InChI is InChI=1S/C13H14O2/c1-15-12(14)13-7-6-9(8-13)10-4-2-3-5-11(10)13/h2-5,9H,6-8H2,1H3. The van der Waals surface area contributed by atoms with Gasteiger partial charge >= 0.3 is 5.97 Å². The number of ether oxygens (including phenoxy) is 1. The third kappa shape index (κ3) is 0.969. The van der Waals surface area contributed by atoms with E-state index in [1.54, 1.807) is 0 Å². The second-order valence-electron chi connectivity index (χ2n) is 4.60. The second-order valence-corrected chi connectivity index (χ2v) is 4.60.